The molecule has 0 atom stereocenters. The second-order valence-corrected chi connectivity index (χ2v) is 5.45. The highest BCUT2D eigenvalue weighted by Crippen LogP contribution is 2.18. The van der Waals surface area contributed by atoms with Gasteiger partial charge in [0, 0.05) is 20.8 Å². The van der Waals surface area contributed by atoms with E-state index in [1.165, 1.54) is 0 Å². The van der Waals surface area contributed by atoms with E-state index >= 15 is 0 Å². The van der Waals surface area contributed by atoms with E-state index in [1.807, 2.05) is 0 Å². The van der Waals surface area contributed by atoms with Crippen LogP contribution in [0, 0.1) is 0 Å². The van der Waals surface area contributed by atoms with E-state index in [1.54, 1.807) is 42.5 Å². The molecule has 1 aliphatic heterocycles. The minimum atomic E-state index is -0.426. The summed E-state index contributed by atoms with van der Waals surface area (Å²) >= 11 is 11.9. The third-order valence-electron chi connectivity index (χ3n) is 3.12. The molecule has 1 aliphatic rings. The molecule has 0 saturated heterocycles. The van der Waals surface area contributed by atoms with Crippen LogP contribution in [0.25, 0.3) is 5.70 Å². The summed E-state index contributed by atoms with van der Waals surface area (Å²) in [5, 5.41) is 13.3. The number of rotatable bonds is 1. The van der Waals surface area contributed by atoms with Crippen LogP contribution in [-0.2, 0) is 4.79 Å². The van der Waals surface area contributed by atoms with Gasteiger partial charge in [0.2, 0.25) is 0 Å². The van der Waals surface area contributed by atoms with Crippen molar-refractivity contribution in [1.82, 2.24) is 5.06 Å². The van der Waals surface area contributed by atoms with Gasteiger partial charge < -0.3 is 0 Å². The van der Waals surface area contributed by atoms with Gasteiger partial charge in [-0.05, 0) is 30.3 Å². The van der Waals surface area contributed by atoms with Crippen LogP contribution >= 0.6 is 23.2 Å². The molecule has 0 aliphatic carbocycles. The quantitative estimate of drug-likeness (QED) is 0.874. The van der Waals surface area contributed by atoms with Crippen molar-refractivity contribution < 1.29 is 10.0 Å². The molecule has 0 saturated carbocycles. The maximum absolute atomic E-state index is 11.7. The van der Waals surface area contributed by atoms with E-state index in [4.69, 9.17) is 23.2 Å². The summed E-state index contributed by atoms with van der Waals surface area (Å²) in [6.45, 7) is -0.218. The number of amides is 1. The van der Waals surface area contributed by atoms with Crippen LogP contribution < -0.4 is 10.6 Å². The molecule has 0 bridgehead atoms. The van der Waals surface area contributed by atoms with Gasteiger partial charge in [-0.3, -0.25) is 10.0 Å². The molecule has 0 fully saturated rings. The zero-order chi connectivity index (χ0) is 15.0. The number of hydrogen-bond donors (Lipinski definition) is 1. The molecule has 0 unspecified atom stereocenters. The first-order valence-electron chi connectivity index (χ1n) is 6.18. The molecule has 1 heterocycles. The Labute approximate surface area is 130 Å². The van der Waals surface area contributed by atoms with Gasteiger partial charge in [-0.1, -0.05) is 35.3 Å². The van der Waals surface area contributed by atoms with E-state index in [-0.39, 0.29) is 6.54 Å². The summed E-state index contributed by atoms with van der Waals surface area (Å²) < 4.78 is 0. The summed E-state index contributed by atoms with van der Waals surface area (Å²) in [6, 6.07) is 11.9. The Kier molecular flexibility index (Phi) is 3.68. The molecule has 3 rings (SSSR count). The van der Waals surface area contributed by atoms with Gasteiger partial charge >= 0.3 is 0 Å². The van der Waals surface area contributed by atoms with Crippen LogP contribution in [0.15, 0.2) is 47.5 Å². The van der Waals surface area contributed by atoms with E-state index < -0.39 is 5.91 Å². The molecule has 21 heavy (non-hydrogen) atoms. The lowest BCUT2D eigenvalue weighted by atomic mass is 10.1. The molecular weight excluding hydrogens is 311 g/mol. The Morgan fingerprint density at radius 3 is 2.43 bits per heavy atom. The highest BCUT2D eigenvalue weighted by molar-refractivity contribution is 6.30. The Bertz CT molecular complexity index is 832. The molecule has 0 aromatic heterocycles. The minimum Gasteiger partial charge on any atom is -0.288 e. The number of nitrogens with zero attached hydrogens (tertiary/aromatic N) is 2. The van der Waals surface area contributed by atoms with Crippen molar-refractivity contribution in [2.45, 2.75) is 0 Å². The third kappa shape index (κ3) is 2.78. The van der Waals surface area contributed by atoms with Crippen molar-refractivity contribution >= 4 is 34.8 Å². The van der Waals surface area contributed by atoms with Crippen LogP contribution in [0.4, 0.5) is 0 Å². The van der Waals surface area contributed by atoms with Gasteiger partial charge in [-0.2, -0.15) is 0 Å². The van der Waals surface area contributed by atoms with E-state index in [9.17, 15) is 10.0 Å². The average Bonchev–Trinajstić information content (AvgIpc) is 2.55. The number of hydrogen-bond acceptors (Lipinski definition) is 3. The Balaban J connectivity index is 2.39. The first-order valence-corrected chi connectivity index (χ1v) is 6.94. The van der Waals surface area contributed by atoms with Crippen molar-refractivity contribution in [3.63, 3.8) is 0 Å². The third-order valence-corrected chi connectivity index (χ3v) is 3.61. The monoisotopic (exact) mass is 320 g/mol. The lowest BCUT2D eigenvalue weighted by Gasteiger charge is -2.18. The van der Waals surface area contributed by atoms with Crippen LogP contribution in [0.5, 0.6) is 0 Å². The lowest BCUT2D eigenvalue weighted by molar-refractivity contribution is -0.125. The van der Waals surface area contributed by atoms with Crippen molar-refractivity contribution in [3.8, 4) is 0 Å². The van der Waals surface area contributed by atoms with Crippen molar-refractivity contribution in [2.24, 2.45) is 4.99 Å². The molecule has 0 spiro atoms. The molecule has 0 radical (unpaired) electrons. The molecule has 2 aromatic carbocycles. The molecule has 4 nitrogen and oxygen atoms in total. The number of hydroxylamine groups is 2. The predicted molar refractivity (Wildman–Crippen MR) is 79.7 cm³/mol. The Hall–Kier alpha value is -1.88. The average molecular weight is 321 g/mol. The van der Waals surface area contributed by atoms with Gasteiger partial charge in [0.1, 0.15) is 6.54 Å². The van der Waals surface area contributed by atoms with Crippen LogP contribution in [-0.4, -0.2) is 22.7 Å². The molecular formula is C15H10Cl2N2O2. The van der Waals surface area contributed by atoms with Gasteiger partial charge in [0.25, 0.3) is 5.91 Å². The number of halogens is 2. The SMILES string of the molecule is O=C1CN(O)C(c2ccc(Cl)cc2)=c2cc(Cl)ccc2=N1. The van der Waals surface area contributed by atoms with Gasteiger partial charge in [0.15, 0.2) is 0 Å². The molecule has 2 aromatic rings. The highest BCUT2D eigenvalue weighted by Gasteiger charge is 2.18. The largest absolute Gasteiger partial charge is 0.288 e. The van der Waals surface area contributed by atoms with Crippen molar-refractivity contribution in [3.05, 3.63) is 68.6 Å². The maximum Gasteiger partial charge on any atom is 0.268 e. The van der Waals surface area contributed by atoms with Crippen LogP contribution in [0.2, 0.25) is 10.0 Å². The fourth-order valence-corrected chi connectivity index (χ4v) is 2.52. The summed E-state index contributed by atoms with van der Waals surface area (Å²) in [7, 11) is 0. The van der Waals surface area contributed by atoms with Gasteiger partial charge in [-0.15, -0.1) is 0 Å². The second-order valence-electron chi connectivity index (χ2n) is 4.58. The lowest BCUT2D eigenvalue weighted by Crippen LogP contribution is -2.31. The first kappa shape index (κ1) is 14.1. The van der Waals surface area contributed by atoms with E-state index in [2.05, 4.69) is 4.99 Å². The topological polar surface area (TPSA) is 52.9 Å². The number of carbonyl (C=O) groups excluding carboxylic acids is 1. The zero-order valence-corrected chi connectivity index (χ0v) is 12.3. The number of carbonyl (C=O) groups is 1. The summed E-state index contributed by atoms with van der Waals surface area (Å²) in [6.07, 6.45) is 0. The van der Waals surface area contributed by atoms with E-state index in [0.29, 0.717) is 26.3 Å². The summed E-state index contributed by atoms with van der Waals surface area (Å²) in [4.78, 5) is 15.7. The second kappa shape index (κ2) is 5.48. The molecule has 1 N–H and O–H groups in total. The van der Waals surface area contributed by atoms with Crippen molar-refractivity contribution in [1.29, 1.82) is 0 Å². The van der Waals surface area contributed by atoms with Crippen LogP contribution in [0.3, 0.4) is 0 Å². The highest BCUT2D eigenvalue weighted by atomic mass is 35.5. The minimum absolute atomic E-state index is 0.218. The van der Waals surface area contributed by atoms with Crippen molar-refractivity contribution in [2.75, 3.05) is 6.54 Å². The molecule has 6 heteroatoms. The summed E-state index contributed by atoms with van der Waals surface area (Å²) in [5.74, 6) is -0.426. The maximum atomic E-state index is 11.7. The van der Waals surface area contributed by atoms with Crippen LogP contribution in [0.1, 0.15) is 5.56 Å². The zero-order valence-electron chi connectivity index (χ0n) is 10.8. The fraction of sp³-hybridized carbons (Fsp3) is 0.0667. The predicted octanol–water partition coefficient (Wildman–Crippen LogP) is 2.00. The normalized spacial score (nSPS) is 14.5. The Morgan fingerprint density at radius 2 is 1.71 bits per heavy atom. The fourth-order valence-electron chi connectivity index (χ4n) is 2.22. The number of benzene rings is 2. The van der Waals surface area contributed by atoms with Gasteiger partial charge in [0.05, 0.1) is 11.1 Å². The van der Waals surface area contributed by atoms with E-state index in [0.717, 1.165) is 10.6 Å². The smallest absolute Gasteiger partial charge is 0.268 e. The number of fused-ring (bicyclic) bond motifs is 1. The Morgan fingerprint density at radius 1 is 1.05 bits per heavy atom. The summed E-state index contributed by atoms with van der Waals surface area (Å²) in [5.41, 5.74) is 1.19. The standard InChI is InChI=1S/C15H10Cl2N2O2/c16-10-3-1-9(2-4-10)15-12-7-11(17)5-6-13(12)18-14(20)8-19(15)21/h1-7,21H,8H2. The molecule has 1 amide bonds. The molecule has 106 valence electrons. The first-order chi connectivity index (χ1) is 10.0. The van der Waals surface area contributed by atoms with Gasteiger partial charge in [-0.25, -0.2) is 10.1 Å².